The van der Waals surface area contributed by atoms with Gasteiger partial charge in [0.05, 0.1) is 12.2 Å². The van der Waals surface area contributed by atoms with Crippen LogP contribution in [0.15, 0.2) is 0 Å². The van der Waals surface area contributed by atoms with Gasteiger partial charge in [-0.25, -0.2) is 0 Å². The van der Waals surface area contributed by atoms with E-state index in [-0.39, 0.29) is 0 Å². The molecular weight excluding hydrogens is 188 g/mol. The zero-order valence-electron chi connectivity index (χ0n) is 10.5. The molecule has 2 unspecified atom stereocenters. The highest BCUT2D eigenvalue weighted by atomic mass is 16.5. The fourth-order valence-corrected chi connectivity index (χ4v) is 1.53. The molecular formula is C12H24N2O. The Morgan fingerprint density at radius 3 is 2.60 bits per heavy atom. The van der Waals surface area contributed by atoms with Crippen LogP contribution in [0.5, 0.6) is 0 Å². The molecule has 0 aromatic rings. The molecule has 0 saturated carbocycles. The molecule has 0 aliphatic heterocycles. The first-order valence-electron chi connectivity index (χ1n) is 5.85. The lowest BCUT2D eigenvalue weighted by molar-refractivity contribution is 0.0501. The van der Waals surface area contributed by atoms with Crippen LogP contribution in [0.25, 0.3) is 0 Å². The quantitative estimate of drug-likeness (QED) is 0.672. The van der Waals surface area contributed by atoms with Crippen LogP contribution >= 0.6 is 0 Å². The van der Waals surface area contributed by atoms with E-state index in [1.165, 1.54) is 0 Å². The van der Waals surface area contributed by atoms with Crippen LogP contribution in [0.1, 0.15) is 47.0 Å². The SMILES string of the molecule is CCCC(C)OCCC(C)(C#N)NCC. The van der Waals surface area contributed by atoms with E-state index in [2.05, 4.69) is 25.2 Å². The largest absolute Gasteiger partial charge is 0.378 e. The minimum absolute atomic E-state index is 0.305. The van der Waals surface area contributed by atoms with Gasteiger partial charge in [-0.3, -0.25) is 5.32 Å². The van der Waals surface area contributed by atoms with Crippen LogP contribution in [0.4, 0.5) is 0 Å². The predicted octanol–water partition coefficient (Wildman–Crippen LogP) is 2.47. The molecule has 3 nitrogen and oxygen atoms in total. The average molecular weight is 212 g/mol. The maximum absolute atomic E-state index is 9.02. The van der Waals surface area contributed by atoms with Gasteiger partial charge in [0, 0.05) is 13.0 Å². The van der Waals surface area contributed by atoms with Gasteiger partial charge in [-0.15, -0.1) is 0 Å². The number of nitriles is 1. The summed E-state index contributed by atoms with van der Waals surface area (Å²) in [5.41, 5.74) is -0.444. The number of hydrogen-bond donors (Lipinski definition) is 1. The lowest BCUT2D eigenvalue weighted by Crippen LogP contribution is -2.41. The minimum Gasteiger partial charge on any atom is -0.378 e. The van der Waals surface area contributed by atoms with Crippen molar-refractivity contribution in [2.24, 2.45) is 0 Å². The topological polar surface area (TPSA) is 45.0 Å². The summed E-state index contributed by atoms with van der Waals surface area (Å²) in [5.74, 6) is 0. The second-order valence-electron chi connectivity index (χ2n) is 4.19. The summed E-state index contributed by atoms with van der Waals surface area (Å²) in [5, 5.41) is 12.2. The van der Waals surface area contributed by atoms with Crippen molar-refractivity contribution in [3.63, 3.8) is 0 Å². The predicted molar refractivity (Wildman–Crippen MR) is 62.6 cm³/mol. The number of hydrogen-bond acceptors (Lipinski definition) is 3. The Morgan fingerprint density at radius 2 is 2.13 bits per heavy atom. The van der Waals surface area contributed by atoms with Gasteiger partial charge >= 0.3 is 0 Å². The number of ether oxygens (including phenoxy) is 1. The van der Waals surface area contributed by atoms with E-state index >= 15 is 0 Å². The van der Waals surface area contributed by atoms with E-state index < -0.39 is 5.54 Å². The summed E-state index contributed by atoms with van der Waals surface area (Å²) in [6, 6.07) is 2.29. The van der Waals surface area contributed by atoms with Crippen molar-refractivity contribution in [2.75, 3.05) is 13.2 Å². The summed E-state index contributed by atoms with van der Waals surface area (Å²) in [6.07, 6.45) is 3.28. The van der Waals surface area contributed by atoms with Crippen LogP contribution < -0.4 is 5.32 Å². The van der Waals surface area contributed by atoms with Crippen molar-refractivity contribution in [3.05, 3.63) is 0 Å². The van der Waals surface area contributed by atoms with Crippen LogP contribution in [0.2, 0.25) is 0 Å². The van der Waals surface area contributed by atoms with E-state index in [4.69, 9.17) is 10.00 Å². The highest BCUT2D eigenvalue weighted by Crippen LogP contribution is 2.10. The lowest BCUT2D eigenvalue weighted by atomic mass is 10.0. The Labute approximate surface area is 93.8 Å². The van der Waals surface area contributed by atoms with Gasteiger partial charge in [-0.05, 0) is 26.8 Å². The van der Waals surface area contributed by atoms with E-state index in [0.717, 1.165) is 25.8 Å². The summed E-state index contributed by atoms with van der Waals surface area (Å²) in [6.45, 7) is 9.63. The molecule has 0 aromatic carbocycles. The van der Waals surface area contributed by atoms with Crippen LogP contribution in [-0.4, -0.2) is 24.8 Å². The molecule has 2 atom stereocenters. The van der Waals surface area contributed by atoms with Crippen molar-refractivity contribution < 1.29 is 4.74 Å². The van der Waals surface area contributed by atoms with Crippen molar-refractivity contribution in [2.45, 2.75) is 58.6 Å². The van der Waals surface area contributed by atoms with Gasteiger partial charge in [0.1, 0.15) is 5.54 Å². The Balaban J connectivity index is 3.77. The van der Waals surface area contributed by atoms with E-state index in [0.29, 0.717) is 12.7 Å². The summed E-state index contributed by atoms with van der Waals surface area (Å²) in [4.78, 5) is 0. The molecule has 0 aromatic heterocycles. The molecule has 0 heterocycles. The summed E-state index contributed by atoms with van der Waals surface area (Å²) in [7, 11) is 0. The Bertz CT molecular complexity index is 200. The van der Waals surface area contributed by atoms with Crippen molar-refractivity contribution in [3.8, 4) is 6.07 Å². The number of nitrogens with one attached hydrogen (secondary N) is 1. The van der Waals surface area contributed by atoms with Crippen LogP contribution in [0.3, 0.4) is 0 Å². The molecule has 1 N–H and O–H groups in total. The van der Waals surface area contributed by atoms with E-state index in [9.17, 15) is 0 Å². The molecule has 3 heteroatoms. The van der Waals surface area contributed by atoms with Gasteiger partial charge in [-0.2, -0.15) is 5.26 Å². The molecule has 0 bridgehead atoms. The van der Waals surface area contributed by atoms with Gasteiger partial charge in [0.2, 0.25) is 0 Å². The van der Waals surface area contributed by atoms with Crippen LogP contribution in [0, 0.1) is 11.3 Å². The third-order valence-electron chi connectivity index (χ3n) is 2.51. The fourth-order valence-electron chi connectivity index (χ4n) is 1.53. The van der Waals surface area contributed by atoms with Gasteiger partial charge in [0.25, 0.3) is 0 Å². The molecule has 0 fully saturated rings. The van der Waals surface area contributed by atoms with Crippen LogP contribution in [-0.2, 0) is 4.74 Å². The molecule has 0 aliphatic rings. The normalized spacial score (nSPS) is 16.7. The van der Waals surface area contributed by atoms with E-state index in [1.807, 2.05) is 13.8 Å². The first kappa shape index (κ1) is 14.4. The zero-order valence-corrected chi connectivity index (χ0v) is 10.5. The molecule has 0 radical (unpaired) electrons. The smallest absolute Gasteiger partial charge is 0.106 e. The standard InChI is InChI=1S/C12H24N2O/c1-5-7-11(3)15-9-8-12(4,10-13)14-6-2/h11,14H,5-9H2,1-4H3. The van der Waals surface area contributed by atoms with Gasteiger partial charge in [0.15, 0.2) is 0 Å². The van der Waals surface area contributed by atoms with Gasteiger partial charge in [-0.1, -0.05) is 20.3 Å². The highest BCUT2D eigenvalue weighted by molar-refractivity contribution is 5.03. The minimum atomic E-state index is -0.444. The summed E-state index contributed by atoms with van der Waals surface area (Å²) >= 11 is 0. The van der Waals surface area contributed by atoms with Gasteiger partial charge < -0.3 is 4.74 Å². The molecule has 88 valence electrons. The second-order valence-corrected chi connectivity index (χ2v) is 4.19. The zero-order chi connectivity index (χ0) is 11.7. The lowest BCUT2D eigenvalue weighted by Gasteiger charge is -2.23. The third-order valence-corrected chi connectivity index (χ3v) is 2.51. The first-order chi connectivity index (χ1) is 7.08. The Hall–Kier alpha value is -0.590. The Morgan fingerprint density at radius 1 is 1.47 bits per heavy atom. The molecule has 0 spiro atoms. The van der Waals surface area contributed by atoms with Crippen molar-refractivity contribution >= 4 is 0 Å². The van der Waals surface area contributed by atoms with Crippen molar-refractivity contribution in [1.29, 1.82) is 5.26 Å². The number of rotatable bonds is 8. The highest BCUT2D eigenvalue weighted by Gasteiger charge is 2.21. The maximum atomic E-state index is 9.02. The number of nitrogens with zero attached hydrogens (tertiary/aromatic N) is 1. The molecule has 0 rings (SSSR count). The van der Waals surface area contributed by atoms with Crippen molar-refractivity contribution in [1.82, 2.24) is 5.32 Å². The third kappa shape index (κ3) is 6.48. The molecule has 0 amide bonds. The fraction of sp³-hybridized carbons (Fsp3) is 0.917. The second kappa shape index (κ2) is 7.67. The maximum Gasteiger partial charge on any atom is 0.106 e. The monoisotopic (exact) mass is 212 g/mol. The summed E-state index contributed by atoms with van der Waals surface area (Å²) < 4.78 is 5.64. The van der Waals surface area contributed by atoms with E-state index in [1.54, 1.807) is 0 Å². The molecule has 0 aliphatic carbocycles. The Kier molecular flexibility index (Phi) is 7.37. The molecule has 15 heavy (non-hydrogen) atoms. The molecule has 0 saturated heterocycles. The first-order valence-corrected chi connectivity index (χ1v) is 5.85. The average Bonchev–Trinajstić information content (AvgIpc) is 2.18.